The Kier molecular flexibility index (Phi) is 6.10. The van der Waals surface area contributed by atoms with Crippen molar-refractivity contribution < 1.29 is 9.53 Å². The predicted octanol–water partition coefficient (Wildman–Crippen LogP) is 2.47. The molecule has 2 heterocycles. The van der Waals surface area contributed by atoms with Gasteiger partial charge in [-0.1, -0.05) is 30.3 Å². The minimum absolute atomic E-state index is 0.151. The molecule has 1 atom stereocenters. The lowest BCUT2D eigenvalue weighted by Crippen LogP contribution is -2.55. The quantitative estimate of drug-likeness (QED) is 0.921. The van der Waals surface area contributed by atoms with Gasteiger partial charge in [0.15, 0.2) is 0 Å². The molecule has 1 aromatic carbocycles. The van der Waals surface area contributed by atoms with Crippen molar-refractivity contribution >= 4 is 6.09 Å². The van der Waals surface area contributed by atoms with Crippen LogP contribution in [0.2, 0.25) is 0 Å². The summed E-state index contributed by atoms with van der Waals surface area (Å²) in [5, 5.41) is 3.43. The molecular weight excluding hydrogens is 302 g/mol. The zero-order valence-corrected chi connectivity index (χ0v) is 14.6. The normalized spacial score (nSPS) is 23.0. The SMILES string of the molecule is CN1CCC(N(C(=O)OCc2ccccc2)[C@H]2CCCNC2)CC1. The molecule has 1 amide bonds. The van der Waals surface area contributed by atoms with E-state index < -0.39 is 0 Å². The van der Waals surface area contributed by atoms with Crippen LogP contribution in [0.1, 0.15) is 31.2 Å². The molecule has 24 heavy (non-hydrogen) atoms. The van der Waals surface area contributed by atoms with Crippen molar-refractivity contribution in [2.75, 3.05) is 33.2 Å². The first kappa shape index (κ1) is 17.2. The molecule has 2 aliphatic rings. The van der Waals surface area contributed by atoms with Crippen molar-refractivity contribution in [3.8, 4) is 0 Å². The molecule has 2 fully saturated rings. The lowest BCUT2D eigenvalue weighted by Gasteiger charge is -2.42. The maximum atomic E-state index is 12.9. The number of hydrogen-bond donors (Lipinski definition) is 1. The van der Waals surface area contributed by atoms with E-state index >= 15 is 0 Å². The highest BCUT2D eigenvalue weighted by Crippen LogP contribution is 2.23. The maximum absolute atomic E-state index is 12.9. The summed E-state index contributed by atoms with van der Waals surface area (Å²) in [6.45, 7) is 4.38. The monoisotopic (exact) mass is 331 g/mol. The van der Waals surface area contributed by atoms with Gasteiger partial charge in [-0.05, 0) is 57.9 Å². The molecule has 1 N–H and O–H groups in total. The van der Waals surface area contributed by atoms with Crippen LogP contribution < -0.4 is 5.32 Å². The van der Waals surface area contributed by atoms with E-state index in [1.165, 1.54) is 0 Å². The minimum Gasteiger partial charge on any atom is -0.445 e. The van der Waals surface area contributed by atoms with E-state index in [9.17, 15) is 4.79 Å². The average Bonchev–Trinajstić information content (AvgIpc) is 2.64. The third-order valence-corrected chi connectivity index (χ3v) is 5.16. The molecule has 2 aliphatic heterocycles. The number of rotatable bonds is 4. The summed E-state index contributed by atoms with van der Waals surface area (Å²) in [7, 11) is 2.15. The van der Waals surface area contributed by atoms with E-state index in [1.54, 1.807) is 0 Å². The summed E-state index contributed by atoms with van der Waals surface area (Å²) < 4.78 is 5.67. The number of likely N-dealkylation sites (tertiary alicyclic amines) is 1. The molecule has 0 unspecified atom stereocenters. The summed E-state index contributed by atoms with van der Waals surface area (Å²) in [4.78, 5) is 17.2. The van der Waals surface area contributed by atoms with Gasteiger partial charge in [0.05, 0.1) is 0 Å². The number of nitrogens with zero attached hydrogens (tertiary/aromatic N) is 2. The van der Waals surface area contributed by atoms with Gasteiger partial charge >= 0.3 is 6.09 Å². The van der Waals surface area contributed by atoms with Gasteiger partial charge in [-0.3, -0.25) is 0 Å². The molecule has 5 heteroatoms. The maximum Gasteiger partial charge on any atom is 0.410 e. The van der Waals surface area contributed by atoms with E-state index in [0.29, 0.717) is 12.6 Å². The molecule has 1 aromatic rings. The number of hydrogen-bond acceptors (Lipinski definition) is 4. The molecule has 5 nitrogen and oxygen atoms in total. The van der Waals surface area contributed by atoms with E-state index in [-0.39, 0.29) is 12.1 Å². The third kappa shape index (κ3) is 4.48. The van der Waals surface area contributed by atoms with Crippen LogP contribution in [0.4, 0.5) is 4.79 Å². The van der Waals surface area contributed by atoms with Crippen LogP contribution in [0.3, 0.4) is 0 Å². The Hall–Kier alpha value is -1.59. The first-order valence-corrected chi connectivity index (χ1v) is 9.12. The Bertz CT molecular complexity index is 509. The van der Waals surface area contributed by atoms with Crippen LogP contribution >= 0.6 is 0 Å². The molecular formula is C19H29N3O2. The molecule has 3 rings (SSSR count). The molecule has 132 valence electrons. The fraction of sp³-hybridized carbons (Fsp3) is 0.632. The van der Waals surface area contributed by atoms with Crippen LogP contribution in [0.15, 0.2) is 30.3 Å². The summed E-state index contributed by atoms with van der Waals surface area (Å²) in [5.74, 6) is 0. The number of amides is 1. The first-order chi connectivity index (χ1) is 11.7. The van der Waals surface area contributed by atoms with Crippen molar-refractivity contribution in [1.82, 2.24) is 15.1 Å². The fourth-order valence-corrected chi connectivity index (χ4v) is 3.73. The number of ether oxygens (including phenoxy) is 1. The molecule has 0 aromatic heterocycles. The van der Waals surface area contributed by atoms with Gasteiger partial charge in [-0.15, -0.1) is 0 Å². The van der Waals surface area contributed by atoms with Crippen LogP contribution in [0.5, 0.6) is 0 Å². The number of nitrogens with one attached hydrogen (secondary N) is 1. The van der Waals surface area contributed by atoms with Crippen molar-refractivity contribution in [3.63, 3.8) is 0 Å². The average molecular weight is 331 g/mol. The second kappa shape index (κ2) is 8.49. The molecule has 2 saturated heterocycles. The van der Waals surface area contributed by atoms with Crippen LogP contribution in [0, 0.1) is 0 Å². The summed E-state index contributed by atoms with van der Waals surface area (Å²) in [6.07, 6.45) is 4.11. The van der Waals surface area contributed by atoms with Crippen molar-refractivity contribution in [2.45, 2.75) is 44.4 Å². The number of carbonyl (C=O) groups excluding carboxylic acids is 1. The highest BCUT2D eigenvalue weighted by Gasteiger charge is 2.34. The van der Waals surface area contributed by atoms with E-state index in [4.69, 9.17) is 4.74 Å². The van der Waals surface area contributed by atoms with Crippen molar-refractivity contribution in [3.05, 3.63) is 35.9 Å². The zero-order valence-electron chi connectivity index (χ0n) is 14.6. The van der Waals surface area contributed by atoms with Gasteiger partial charge < -0.3 is 19.9 Å². The number of piperidine rings is 2. The predicted molar refractivity (Wildman–Crippen MR) is 94.9 cm³/mol. The molecule has 0 aliphatic carbocycles. The highest BCUT2D eigenvalue weighted by atomic mass is 16.6. The zero-order chi connectivity index (χ0) is 16.8. The van der Waals surface area contributed by atoms with Gasteiger partial charge in [0.2, 0.25) is 0 Å². The van der Waals surface area contributed by atoms with E-state index in [0.717, 1.165) is 57.4 Å². The van der Waals surface area contributed by atoms with Gasteiger partial charge in [-0.25, -0.2) is 4.79 Å². The summed E-state index contributed by atoms with van der Waals surface area (Å²) in [5.41, 5.74) is 1.04. The van der Waals surface area contributed by atoms with Crippen LogP contribution in [-0.4, -0.2) is 61.2 Å². The molecule has 0 saturated carbocycles. The van der Waals surface area contributed by atoms with Crippen molar-refractivity contribution in [1.29, 1.82) is 0 Å². The minimum atomic E-state index is -0.151. The Morgan fingerprint density at radius 3 is 2.62 bits per heavy atom. The number of benzene rings is 1. The third-order valence-electron chi connectivity index (χ3n) is 5.16. The van der Waals surface area contributed by atoms with Crippen LogP contribution in [-0.2, 0) is 11.3 Å². The topological polar surface area (TPSA) is 44.8 Å². The van der Waals surface area contributed by atoms with Crippen LogP contribution in [0.25, 0.3) is 0 Å². The Morgan fingerprint density at radius 2 is 1.96 bits per heavy atom. The highest BCUT2D eigenvalue weighted by molar-refractivity contribution is 5.68. The van der Waals surface area contributed by atoms with Gasteiger partial charge in [0.1, 0.15) is 6.61 Å². The molecule has 0 radical (unpaired) electrons. The molecule has 0 spiro atoms. The van der Waals surface area contributed by atoms with Gasteiger partial charge in [0, 0.05) is 18.6 Å². The fourth-order valence-electron chi connectivity index (χ4n) is 3.73. The van der Waals surface area contributed by atoms with Crippen molar-refractivity contribution in [2.24, 2.45) is 0 Å². The summed E-state index contributed by atoms with van der Waals surface area (Å²) in [6, 6.07) is 10.5. The van der Waals surface area contributed by atoms with E-state index in [1.807, 2.05) is 35.2 Å². The largest absolute Gasteiger partial charge is 0.445 e. The smallest absolute Gasteiger partial charge is 0.410 e. The Morgan fingerprint density at radius 1 is 1.21 bits per heavy atom. The van der Waals surface area contributed by atoms with Gasteiger partial charge in [-0.2, -0.15) is 0 Å². The first-order valence-electron chi connectivity index (χ1n) is 9.12. The standard InChI is InChI=1S/C19H29N3O2/c1-21-12-9-17(10-13-21)22(18-8-5-11-20-14-18)19(23)24-15-16-6-3-2-4-7-16/h2-4,6-7,17-18,20H,5,8-15H2,1H3/t18-/m0/s1. The van der Waals surface area contributed by atoms with E-state index in [2.05, 4.69) is 17.3 Å². The lowest BCUT2D eigenvalue weighted by molar-refractivity contribution is 0.0374. The number of carbonyl (C=O) groups is 1. The lowest BCUT2D eigenvalue weighted by atomic mass is 9.98. The Labute approximate surface area is 145 Å². The molecule has 0 bridgehead atoms. The summed E-state index contributed by atoms with van der Waals surface area (Å²) >= 11 is 0. The second-order valence-electron chi connectivity index (χ2n) is 6.98. The van der Waals surface area contributed by atoms with Gasteiger partial charge in [0.25, 0.3) is 0 Å². The Balaban J connectivity index is 1.64. The second-order valence-corrected chi connectivity index (χ2v) is 6.98.